The van der Waals surface area contributed by atoms with E-state index in [0.717, 1.165) is 17.8 Å². The summed E-state index contributed by atoms with van der Waals surface area (Å²) < 4.78 is 0. The molecule has 1 aliphatic rings. The monoisotopic (exact) mass is 282 g/mol. The number of urea groups is 1. The van der Waals surface area contributed by atoms with Crippen LogP contribution in [0.25, 0.3) is 0 Å². The van der Waals surface area contributed by atoms with Crippen molar-refractivity contribution in [2.24, 2.45) is 0 Å². The molecule has 104 valence electrons. The lowest BCUT2D eigenvalue weighted by Gasteiger charge is -2.13. The first-order valence-corrected chi connectivity index (χ1v) is 7.34. The number of amides is 3. The van der Waals surface area contributed by atoms with E-state index in [2.05, 4.69) is 22.5 Å². The molecule has 0 radical (unpaired) electrons. The van der Waals surface area contributed by atoms with Gasteiger partial charge in [0.2, 0.25) is 0 Å². The Kier molecular flexibility index (Phi) is 4.73. The first-order valence-electron chi connectivity index (χ1n) is 6.46. The molecule has 0 aliphatic carbocycles. The van der Waals surface area contributed by atoms with Crippen LogP contribution < -0.4 is 10.6 Å². The molecule has 2 rings (SSSR count). The van der Waals surface area contributed by atoms with Crippen molar-refractivity contribution < 1.29 is 9.59 Å². The fourth-order valence-corrected chi connectivity index (χ4v) is 2.74. The summed E-state index contributed by atoms with van der Waals surface area (Å²) in [7, 11) is 0. The molecule has 3 amide bonds. The quantitative estimate of drug-likeness (QED) is 0.812. The van der Waals surface area contributed by atoms with Crippen molar-refractivity contribution in [2.75, 3.05) is 26.2 Å². The average Bonchev–Trinajstić information content (AvgIpc) is 3.00. The first-order chi connectivity index (χ1) is 9.20. The van der Waals surface area contributed by atoms with Crippen LogP contribution in [0.1, 0.15) is 28.8 Å². The highest BCUT2D eigenvalue weighted by Crippen LogP contribution is 2.11. The minimum atomic E-state index is -0.168. The smallest absolute Gasteiger partial charge is 0.317 e. The van der Waals surface area contributed by atoms with Gasteiger partial charge in [-0.2, -0.15) is 0 Å². The Bertz CT molecular complexity index is 460. The summed E-state index contributed by atoms with van der Waals surface area (Å²) in [6.45, 7) is 4.45. The molecule has 0 spiro atoms. The van der Waals surface area contributed by atoms with Crippen LogP contribution in [-0.4, -0.2) is 48.0 Å². The lowest BCUT2D eigenvalue weighted by atomic mass is 10.3. The van der Waals surface area contributed by atoms with Crippen molar-refractivity contribution in [3.8, 4) is 0 Å². The number of nitrogens with zero attached hydrogens (tertiary/aromatic N) is 2. The van der Waals surface area contributed by atoms with E-state index in [4.69, 9.17) is 0 Å². The van der Waals surface area contributed by atoms with Crippen LogP contribution in [0.2, 0.25) is 0 Å². The Hall–Kier alpha value is -1.63. The van der Waals surface area contributed by atoms with Crippen molar-refractivity contribution in [1.82, 2.24) is 20.5 Å². The van der Waals surface area contributed by atoms with E-state index in [0.29, 0.717) is 31.9 Å². The molecule has 0 saturated carbocycles. The summed E-state index contributed by atoms with van der Waals surface area (Å²) in [6, 6.07) is -0.0619. The maximum absolute atomic E-state index is 11.8. The predicted molar refractivity (Wildman–Crippen MR) is 73.4 cm³/mol. The zero-order chi connectivity index (χ0) is 13.7. The second-order valence-electron chi connectivity index (χ2n) is 4.35. The molecule has 1 fully saturated rings. The predicted octanol–water partition coefficient (Wildman–Crippen LogP) is 0.851. The molecule has 19 heavy (non-hydrogen) atoms. The van der Waals surface area contributed by atoms with Gasteiger partial charge in [0.05, 0.1) is 5.01 Å². The van der Waals surface area contributed by atoms with Crippen LogP contribution in [0.3, 0.4) is 0 Å². The van der Waals surface area contributed by atoms with E-state index in [1.807, 2.05) is 0 Å². The third-order valence-electron chi connectivity index (χ3n) is 2.86. The van der Waals surface area contributed by atoms with Gasteiger partial charge < -0.3 is 15.5 Å². The van der Waals surface area contributed by atoms with E-state index in [9.17, 15) is 9.59 Å². The normalized spacial score (nSPS) is 14.6. The highest BCUT2D eigenvalue weighted by molar-refractivity contribution is 7.09. The van der Waals surface area contributed by atoms with Crippen LogP contribution >= 0.6 is 11.3 Å². The number of rotatable bonds is 6. The number of carbonyl (C=O) groups is 2. The molecule has 0 aromatic carbocycles. The van der Waals surface area contributed by atoms with Gasteiger partial charge in [0.25, 0.3) is 5.91 Å². The number of carbonyl (C=O) groups excluding carboxylic acids is 2. The van der Waals surface area contributed by atoms with Crippen LogP contribution in [0, 0.1) is 0 Å². The number of thiazole rings is 1. The van der Waals surface area contributed by atoms with Gasteiger partial charge in [-0.15, -0.1) is 11.3 Å². The molecule has 0 unspecified atom stereocenters. The fourth-order valence-electron chi connectivity index (χ4n) is 1.86. The standard InChI is InChI=1S/C12H18N4O2S/c1-2-3-10-15-9(8-19-10)11(17)13-4-6-16-7-5-14-12(16)18/h8H,2-7H2,1H3,(H,13,17)(H,14,18). The zero-order valence-electron chi connectivity index (χ0n) is 10.9. The van der Waals surface area contributed by atoms with Gasteiger partial charge in [-0.05, 0) is 12.8 Å². The van der Waals surface area contributed by atoms with Crippen LogP contribution in [-0.2, 0) is 6.42 Å². The molecule has 0 atom stereocenters. The SMILES string of the molecule is CCCc1nc(C(=O)NCCN2CCNC2=O)cs1. The van der Waals surface area contributed by atoms with Gasteiger partial charge in [0.15, 0.2) is 0 Å². The highest BCUT2D eigenvalue weighted by Gasteiger charge is 2.19. The van der Waals surface area contributed by atoms with E-state index >= 15 is 0 Å². The summed E-state index contributed by atoms with van der Waals surface area (Å²) in [5.41, 5.74) is 0.472. The maximum Gasteiger partial charge on any atom is 0.317 e. The Morgan fingerprint density at radius 3 is 3.16 bits per heavy atom. The number of hydrogen-bond acceptors (Lipinski definition) is 4. The van der Waals surface area contributed by atoms with Crippen LogP contribution in [0.5, 0.6) is 0 Å². The van der Waals surface area contributed by atoms with Crippen molar-refractivity contribution >= 4 is 23.3 Å². The Balaban J connectivity index is 1.75. The van der Waals surface area contributed by atoms with E-state index in [1.54, 1.807) is 10.3 Å². The molecule has 1 aromatic rings. The summed E-state index contributed by atoms with van der Waals surface area (Å²) in [4.78, 5) is 29.1. The minimum Gasteiger partial charge on any atom is -0.349 e. The maximum atomic E-state index is 11.8. The van der Waals surface area contributed by atoms with E-state index in [1.165, 1.54) is 11.3 Å². The molecule has 1 saturated heterocycles. The summed E-state index contributed by atoms with van der Waals surface area (Å²) in [6.07, 6.45) is 1.94. The second kappa shape index (κ2) is 6.51. The number of aryl methyl sites for hydroxylation is 1. The molecule has 2 N–H and O–H groups in total. The van der Waals surface area contributed by atoms with Crippen molar-refractivity contribution in [2.45, 2.75) is 19.8 Å². The Morgan fingerprint density at radius 2 is 2.47 bits per heavy atom. The third-order valence-corrected chi connectivity index (χ3v) is 3.77. The molecular formula is C12H18N4O2S. The van der Waals surface area contributed by atoms with Crippen molar-refractivity contribution in [3.63, 3.8) is 0 Å². The van der Waals surface area contributed by atoms with Gasteiger partial charge in [-0.25, -0.2) is 9.78 Å². The Labute approximate surface area is 116 Å². The highest BCUT2D eigenvalue weighted by atomic mass is 32.1. The second-order valence-corrected chi connectivity index (χ2v) is 5.29. The molecular weight excluding hydrogens is 264 g/mol. The zero-order valence-corrected chi connectivity index (χ0v) is 11.8. The summed E-state index contributed by atoms with van der Waals surface area (Å²) in [5.74, 6) is -0.168. The minimum absolute atomic E-state index is 0.0619. The van der Waals surface area contributed by atoms with Crippen LogP contribution in [0.4, 0.5) is 4.79 Å². The summed E-state index contributed by atoms with van der Waals surface area (Å²) in [5, 5.41) is 8.28. The number of hydrogen-bond donors (Lipinski definition) is 2. The van der Waals surface area contributed by atoms with Crippen molar-refractivity contribution in [3.05, 3.63) is 16.1 Å². The van der Waals surface area contributed by atoms with Crippen LogP contribution in [0.15, 0.2) is 5.38 Å². The van der Waals surface area contributed by atoms with Gasteiger partial charge >= 0.3 is 6.03 Å². The average molecular weight is 282 g/mol. The molecule has 0 bridgehead atoms. The Morgan fingerprint density at radius 1 is 1.63 bits per heavy atom. The van der Waals surface area contributed by atoms with Gasteiger partial charge in [-0.3, -0.25) is 4.79 Å². The van der Waals surface area contributed by atoms with Gasteiger partial charge in [0, 0.05) is 31.6 Å². The number of aromatic nitrogens is 1. The third kappa shape index (κ3) is 3.66. The lowest BCUT2D eigenvalue weighted by Crippen LogP contribution is -2.36. The molecule has 1 aromatic heterocycles. The lowest BCUT2D eigenvalue weighted by molar-refractivity contribution is 0.0946. The number of nitrogens with one attached hydrogen (secondary N) is 2. The largest absolute Gasteiger partial charge is 0.349 e. The molecule has 6 nitrogen and oxygen atoms in total. The topological polar surface area (TPSA) is 74.3 Å². The van der Waals surface area contributed by atoms with E-state index < -0.39 is 0 Å². The van der Waals surface area contributed by atoms with Gasteiger partial charge in [-0.1, -0.05) is 6.92 Å². The first kappa shape index (κ1) is 13.8. The molecule has 1 aliphatic heterocycles. The summed E-state index contributed by atoms with van der Waals surface area (Å²) >= 11 is 1.52. The fraction of sp³-hybridized carbons (Fsp3) is 0.583. The molecule has 7 heteroatoms. The molecule has 2 heterocycles. The van der Waals surface area contributed by atoms with Gasteiger partial charge in [0.1, 0.15) is 5.69 Å². The van der Waals surface area contributed by atoms with Crippen molar-refractivity contribution in [1.29, 1.82) is 0 Å². The van der Waals surface area contributed by atoms with E-state index in [-0.39, 0.29) is 11.9 Å².